The molecule has 1 N–H and O–H groups in total. The Labute approximate surface area is 170 Å². The highest BCUT2D eigenvalue weighted by Gasteiger charge is 2.24. The Hall–Kier alpha value is -3.16. The van der Waals surface area contributed by atoms with Gasteiger partial charge >= 0.3 is 11.8 Å². The Bertz CT molecular complexity index is 818. The predicted octanol–water partition coefficient (Wildman–Crippen LogP) is 3.26. The number of piperazine rings is 1. The lowest BCUT2D eigenvalue weighted by atomic mass is 9.88. The molecule has 154 valence electrons. The lowest BCUT2D eigenvalue weighted by Crippen LogP contribution is -2.52. The molecule has 2 aromatic rings. The van der Waals surface area contributed by atoms with Crippen molar-refractivity contribution in [2.75, 3.05) is 37.6 Å². The van der Waals surface area contributed by atoms with Crippen molar-refractivity contribution in [2.45, 2.75) is 19.8 Å². The fourth-order valence-corrected chi connectivity index (χ4v) is 3.59. The van der Waals surface area contributed by atoms with Crippen molar-refractivity contribution in [1.82, 2.24) is 15.2 Å². The quantitative estimate of drug-likeness (QED) is 0.597. The number of hydrogen-bond donors (Lipinski definition) is 1. The van der Waals surface area contributed by atoms with Gasteiger partial charge in [-0.05, 0) is 27.5 Å². The molecule has 29 heavy (non-hydrogen) atoms. The number of urea groups is 1. The number of nitrogens with one attached hydrogen (secondary N) is 1. The Morgan fingerprint density at radius 1 is 1.14 bits per heavy atom. The second-order valence-electron chi connectivity index (χ2n) is 7.55. The van der Waals surface area contributed by atoms with Crippen LogP contribution < -0.4 is 10.2 Å². The SMILES string of the molecule is CC(C)[C@H](CNC(=O)N1CCN(c2ccc([N+](=O)[O-])nc2)CC1)c1ccccc1. The van der Waals surface area contributed by atoms with Gasteiger partial charge in [0.2, 0.25) is 0 Å². The van der Waals surface area contributed by atoms with Gasteiger partial charge in [-0.3, -0.25) is 0 Å². The first-order chi connectivity index (χ1) is 14.0. The van der Waals surface area contributed by atoms with Gasteiger partial charge in [0.05, 0.1) is 5.69 Å². The molecule has 8 nitrogen and oxygen atoms in total. The maximum Gasteiger partial charge on any atom is 0.363 e. The number of rotatable bonds is 6. The number of anilines is 1. The molecule has 0 spiro atoms. The van der Waals surface area contributed by atoms with E-state index in [0.717, 1.165) is 5.69 Å². The monoisotopic (exact) mass is 397 g/mol. The predicted molar refractivity (Wildman–Crippen MR) is 112 cm³/mol. The van der Waals surface area contributed by atoms with E-state index in [1.54, 1.807) is 6.07 Å². The largest absolute Gasteiger partial charge is 0.365 e. The zero-order chi connectivity index (χ0) is 20.8. The van der Waals surface area contributed by atoms with Crippen molar-refractivity contribution < 1.29 is 9.72 Å². The van der Waals surface area contributed by atoms with Gasteiger partial charge < -0.3 is 25.2 Å². The first-order valence-electron chi connectivity index (χ1n) is 9.89. The molecule has 3 rings (SSSR count). The minimum Gasteiger partial charge on any atom is -0.365 e. The van der Waals surface area contributed by atoms with Crippen molar-refractivity contribution in [2.24, 2.45) is 5.92 Å². The molecular formula is C21H27N5O3. The molecule has 8 heteroatoms. The van der Waals surface area contributed by atoms with E-state index < -0.39 is 4.92 Å². The number of carbonyl (C=O) groups excluding carboxylic acids is 1. The van der Waals surface area contributed by atoms with Crippen LogP contribution in [0.1, 0.15) is 25.3 Å². The van der Waals surface area contributed by atoms with Gasteiger partial charge in [-0.25, -0.2) is 4.79 Å². The summed E-state index contributed by atoms with van der Waals surface area (Å²) in [5, 5.41) is 13.8. The third-order valence-electron chi connectivity index (χ3n) is 5.36. The van der Waals surface area contributed by atoms with E-state index in [9.17, 15) is 14.9 Å². The number of amides is 2. The molecule has 1 aliphatic rings. The van der Waals surface area contributed by atoms with Crippen LogP contribution >= 0.6 is 0 Å². The summed E-state index contributed by atoms with van der Waals surface area (Å²) < 4.78 is 0. The molecule has 0 aliphatic carbocycles. The molecule has 0 bridgehead atoms. The molecule has 1 atom stereocenters. The molecular weight excluding hydrogens is 370 g/mol. The van der Waals surface area contributed by atoms with Crippen LogP contribution in [0.5, 0.6) is 0 Å². The van der Waals surface area contributed by atoms with Crippen molar-refractivity contribution in [3.63, 3.8) is 0 Å². The van der Waals surface area contributed by atoms with Crippen molar-refractivity contribution >= 4 is 17.5 Å². The second-order valence-corrected chi connectivity index (χ2v) is 7.55. The minimum atomic E-state index is -0.508. The number of nitro groups is 1. The van der Waals surface area contributed by atoms with Gasteiger partial charge in [-0.15, -0.1) is 0 Å². The summed E-state index contributed by atoms with van der Waals surface area (Å²) in [6.07, 6.45) is 1.51. The molecule has 2 heterocycles. The summed E-state index contributed by atoms with van der Waals surface area (Å²) in [5.41, 5.74) is 2.07. The Morgan fingerprint density at radius 3 is 2.38 bits per heavy atom. The number of aromatic nitrogens is 1. The fourth-order valence-electron chi connectivity index (χ4n) is 3.59. The summed E-state index contributed by atoms with van der Waals surface area (Å²) in [7, 11) is 0. The maximum absolute atomic E-state index is 12.6. The average Bonchev–Trinajstić information content (AvgIpc) is 2.74. The topological polar surface area (TPSA) is 91.6 Å². The van der Waals surface area contributed by atoms with Gasteiger partial charge in [-0.2, -0.15) is 0 Å². The van der Waals surface area contributed by atoms with Crippen LogP contribution in [0.2, 0.25) is 0 Å². The molecule has 1 aliphatic heterocycles. The van der Waals surface area contributed by atoms with Gasteiger partial charge in [0.15, 0.2) is 6.20 Å². The van der Waals surface area contributed by atoms with Crippen LogP contribution in [0.15, 0.2) is 48.7 Å². The first-order valence-corrected chi connectivity index (χ1v) is 9.89. The molecule has 1 aromatic carbocycles. The standard InChI is InChI=1S/C21H27N5O3/c1-16(2)19(17-6-4-3-5-7-17)15-23-21(27)25-12-10-24(11-13-25)18-8-9-20(22-14-18)26(28)29/h3-9,14,16,19H,10-13,15H2,1-2H3,(H,23,27)/t19-/m0/s1. The van der Waals surface area contributed by atoms with Crippen LogP contribution in [0.3, 0.4) is 0 Å². The molecule has 0 unspecified atom stereocenters. The zero-order valence-electron chi connectivity index (χ0n) is 16.8. The van der Waals surface area contributed by atoms with Crippen LogP contribution in [0.25, 0.3) is 0 Å². The third-order valence-corrected chi connectivity index (χ3v) is 5.36. The van der Waals surface area contributed by atoms with Gasteiger partial charge in [-0.1, -0.05) is 44.2 Å². The highest BCUT2D eigenvalue weighted by Crippen LogP contribution is 2.23. The van der Waals surface area contributed by atoms with E-state index in [1.165, 1.54) is 17.8 Å². The molecule has 1 aromatic heterocycles. The van der Waals surface area contributed by atoms with Crippen LogP contribution in [-0.2, 0) is 0 Å². The van der Waals surface area contributed by atoms with Crippen molar-refractivity contribution in [1.29, 1.82) is 0 Å². The number of carbonyl (C=O) groups is 1. The first kappa shape index (κ1) is 20.6. The summed E-state index contributed by atoms with van der Waals surface area (Å²) in [4.78, 5) is 30.6. The van der Waals surface area contributed by atoms with E-state index in [1.807, 2.05) is 23.1 Å². The van der Waals surface area contributed by atoms with Gasteiger partial charge in [0.25, 0.3) is 0 Å². The van der Waals surface area contributed by atoms with E-state index in [2.05, 4.69) is 41.2 Å². The summed E-state index contributed by atoms with van der Waals surface area (Å²) >= 11 is 0. The minimum absolute atomic E-state index is 0.0481. The number of hydrogen-bond acceptors (Lipinski definition) is 5. The van der Waals surface area contributed by atoms with Crippen molar-refractivity contribution in [3.8, 4) is 0 Å². The number of benzene rings is 1. The average molecular weight is 397 g/mol. The van der Waals surface area contributed by atoms with Crippen LogP contribution in [0.4, 0.5) is 16.3 Å². The molecule has 1 saturated heterocycles. The molecule has 0 radical (unpaired) electrons. The Kier molecular flexibility index (Phi) is 6.64. The smallest absolute Gasteiger partial charge is 0.363 e. The zero-order valence-corrected chi connectivity index (χ0v) is 16.8. The highest BCUT2D eigenvalue weighted by atomic mass is 16.6. The Balaban J connectivity index is 1.51. The summed E-state index contributed by atoms with van der Waals surface area (Å²) in [6, 6.07) is 13.3. The fraction of sp³-hybridized carbons (Fsp3) is 0.429. The molecule has 0 saturated carbocycles. The maximum atomic E-state index is 12.6. The lowest BCUT2D eigenvalue weighted by Gasteiger charge is -2.36. The van der Waals surface area contributed by atoms with Crippen molar-refractivity contribution in [3.05, 3.63) is 64.3 Å². The van der Waals surface area contributed by atoms with E-state index >= 15 is 0 Å². The van der Waals surface area contributed by atoms with E-state index in [0.29, 0.717) is 38.6 Å². The number of pyridine rings is 1. The Morgan fingerprint density at radius 2 is 1.83 bits per heavy atom. The molecule has 1 fully saturated rings. The normalized spacial score (nSPS) is 15.3. The lowest BCUT2D eigenvalue weighted by molar-refractivity contribution is -0.389. The van der Waals surface area contributed by atoms with Gasteiger partial charge in [0.1, 0.15) is 0 Å². The highest BCUT2D eigenvalue weighted by molar-refractivity contribution is 5.74. The van der Waals surface area contributed by atoms with E-state index in [-0.39, 0.29) is 17.8 Å². The van der Waals surface area contributed by atoms with Crippen LogP contribution in [0, 0.1) is 16.0 Å². The molecule has 2 amide bonds. The summed E-state index contributed by atoms with van der Waals surface area (Å²) in [5.74, 6) is 0.529. The second kappa shape index (κ2) is 9.36. The number of nitrogens with zero attached hydrogens (tertiary/aromatic N) is 4. The van der Waals surface area contributed by atoms with E-state index in [4.69, 9.17) is 0 Å². The summed E-state index contributed by atoms with van der Waals surface area (Å²) in [6.45, 7) is 7.47. The van der Waals surface area contributed by atoms with Crippen LogP contribution in [-0.4, -0.2) is 53.6 Å². The third kappa shape index (κ3) is 5.22. The van der Waals surface area contributed by atoms with Gasteiger partial charge in [0, 0.05) is 44.7 Å².